The van der Waals surface area contributed by atoms with Crippen LogP contribution in [0.4, 0.5) is 10.7 Å². The maximum atomic E-state index is 11.7. The molecule has 1 unspecified atom stereocenters. The third-order valence-corrected chi connectivity index (χ3v) is 5.11. The van der Waals surface area contributed by atoms with Crippen LogP contribution in [0.15, 0.2) is 30.5 Å². The molecule has 0 radical (unpaired) electrons. The monoisotopic (exact) mass is 353 g/mol. The number of aromatic nitrogens is 3. The summed E-state index contributed by atoms with van der Waals surface area (Å²) in [5.41, 5.74) is 9.36. The number of nitrogens with two attached hydrogens (primary N) is 1. The highest BCUT2D eigenvalue weighted by atomic mass is 16.4. The first-order valence-corrected chi connectivity index (χ1v) is 8.71. The number of H-pyrrole nitrogens is 1. The lowest BCUT2D eigenvalue weighted by atomic mass is 9.90. The van der Waals surface area contributed by atoms with Gasteiger partial charge < -0.3 is 15.8 Å². The van der Waals surface area contributed by atoms with Crippen molar-refractivity contribution < 1.29 is 9.90 Å². The van der Waals surface area contributed by atoms with Crippen LogP contribution in [-0.2, 0) is 6.42 Å². The highest BCUT2D eigenvalue weighted by molar-refractivity contribution is 5.92. The molecule has 7 nitrogen and oxygen atoms in total. The number of aromatic amines is 1. The largest absolute Gasteiger partial charge is 0.464 e. The number of fused-ring (bicyclic) bond motifs is 2. The third-order valence-electron chi connectivity index (χ3n) is 5.11. The van der Waals surface area contributed by atoms with Gasteiger partial charge in [-0.2, -0.15) is 0 Å². The number of carboxylic acid groups (broad SMARTS) is 1. The average Bonchev–Trinajstić information content (AvgIpc) is 3.12. The second-order valence-electron chi connectivity index (χ2n) is 7.76. The Kier molecular flexibility index (Phi) is 3.59. The van der Waals surface area contributed by atoms with Gasteiger partial charge in [0.25, 0.3) is 0 Å². The van der Waals surface area contributed by atoms with Gasteiger partial charge in [-0.3, -0.25) is 9.47 Å². The van der Waals surface area contributed by atoms with Crippen LogP contribution in [0, 0.1) is 0 Å². The molecule has 0 bridgehead atoms. The SMILES string of the molecule is CC(C)(C)N1CCc2[nH]c(N)nc2C1c1cn(C(=O)O)c2ccccc12. The van der Waals surface area contributed by atoms with Gasteiger partial charge in [0.15, 0.2) is 5.95 Å². The zero-order chi connectivity index (χ0) is 18.6. The van der Waals surface area contributed by atoms with Crippen LogP contribution < -0.4 is 5.73 Å². The van der Waals surface area contributed by atoms with Gasteiger partial charge in [0.2, 0.25) is 0 Å². The number of hydrogen-bond acceptors (Lipinski definition) is 4. The summed E-state index contributed by atoms with van der Waals surface area (Å²) in [6.07, 6.45) is 1.56. The Morgan fingerprint density at radius 1 is 1.35 bits per heavy atom. The fourth-order valence-corrected chi connectivity index (χ4v) is 3.99. The van der Waals surface area contributed by atoms with E-state index in [9.17, 15) is 9.90 Å². The van der Waals surface area contributed by atoms with Gasteiger partial charge in [-0.25, -0.2) is 9.78 Å². The van der Waals surface area contributed by atoms with Crippen molar-refractivity contribution >= 4 is 22.9 Å². The number of anilines is 1. The molecule has 0 saturated heterocycles. The van der Waals surface area contributed by atoms with E-state index in [1.165, 1.54) is 4.57 Å². The first-order valence-electron chi connectivity index (χ1n) is 8.71. The van der Waals surface area contributed by atoms with E-state index >= 15 is 0 Å². The number of nitrogens with one attached hydrogen (secondary N) is 1. The Hall–Kier alpha value is -2.80. The van der Waals surface area contributed by atoms with E-state index in [-0.39, 0.29) is 11.6 Å². The van der Waals surface area contributed by atoms with E-state index in [2.05, 4.69) is 35.6 Å². The molecular formula is C19H23N5O2. The minimum atomic E-state index is -0.993. The molecule has 3 aromatic rings. The molecule has 136 valence electrons. The standard InChI is InChI=1S/C19H23N5O2/c1-19(2,3)24-9-8-13-15(22-17(20)21-13)16(24)12-10-23(18(25)26)14-7-5-4-6-11(12)14/h4-7,10,16H,8-9H2,1-3H3,(H,25,26)(H3,20,21,22). The van der Waals surface area contributed by atoms with Crippen molar-refractivity contribution in [2.45, 2.75) is 38.8 Å². The maximum absolute atomic E-state index is 11.7. The zero-order valence-corrected chi connectivity index (χ0v) is 15.2. The summed E-state index contributed by atoms with van der Waals surface area (Å²) in [5, 5.41) is 10.5. The first kappa shape index (κ1) is 16.7. The van der Waals surface area contributed by atoms with Crippen LogP contribution in [0.2, 0.25) is 0 Å². The summed E-state index contributed by atoms with van der Waals surface area (Å²) in [4.78, 5) is 21.8. The molecule has 1 aliphatic rings. The van der Waals surface area contributed by atoms with E-state index in [1.807, 2.05) is 24.3 Å². The summed E-state index contributed by atoms with van der Waals surface area (Å²) in [6.45, 7) is 7.33. The second-order valence-corrected chi connectivity index (χ2v) is 7.76. The third kappa shape index (κ3) is 2.47. The van der Waals surface area contributed by atoms with Crippen molar-refractivity contribution in [2.24, 2.45) is 0 Å². The van der Waals surface area contributed by atoms with Crippen LogP contribution in [0.25, 0.3) is 10.9 Å². The number of nitrogen functional groups attached to an aromatic ring is 1. The number of rotatable bonds is 1. The number of carbonyl (C=O) groups is 1. The lowest BCUT2D eigenvalue weighted by Gasteiger charge is -2.43. The van der Waals surface area contributed by atoms with Gasteiger partial charge >= 0.3 is 6.09 Å². The Balaban J connectivity index is 2.00. The predicted molar refractivity (Wildman–Crippen MR) is 100 cm³/mol. The molecule has 0 spiro atoms. The quantitative estimate of drug-likeness (QED) is 0.624. The topological polar surface area (TPSA) is 100 Å². The molecule has 1 aromatic carbocycles. The molecule has 4 N–H and O–H groups in total. The summed E-state index contributed by atoms with van der Waals surface area (Å²) in [5.74, 6) is 0.401. The van der Waals surface area contributed by atoms with Gasteiger partial charge in [-0.15, -0.1) is 0 Å². The van der Waals surface area contributed by atoms with Crippen molar-refractivity contribution in [1.29, 1.82) is 0 Å². The molecule has 4 rings (SSSR count). The van der Waals surface area contributed by atoms with E-state index in [1.54, 1.807) is 6.20 Å². The van der Waals surface area contributed by atoms with Crippen molar-refractivity contribution in [3.05, 3.63) is 47.4 Å². The number of hydrogen-bond donors (Lipinski definition) is 3. The molecule has 0 aliphatic carbocycles. The molecule has 26 heavy (non-hydrogen) atoms. The predicted octanol–water partition coefficient (Wildman–Crippen LogP) is 3.22. The van der Waals surface area contributed by atoms with Crippen molar-refractivity contribution in [3.63, 3.8) is 0 Å². The first-order chi connectivity index (χ1) is 12.3. The molecule has 2 aromatic heterocycles. The number of para-hydroxylation sites is 1. The van der Waals surface area contributed by atoms with Crippen LogP contribution in [-0.4, -0.2) is 42.7 Å². The summed E-state index contributed by atoms with van der Waals surface area (Å²) >= 11 is 0. The van der Waals surface area contributed by atoms with Crippen LogP contribution in [0.3, 0.4) is 0 Å². The lowest BCUT2D eigenvalue weighted by Crippen LogP contribution is -2.47. The Morgan fingerprint density at radius 2 is 2.08 bits per heavy atom. The van der Waals surface area contributed by atoms with Crippen molar-refractivity contribution in [3.8, 4) is 0 Å². The molecule has 1 aliphatic heterocycles. The summed E-state index contributed by atoms with van der Waals surface area (Å²) < 4.78 is 1.29. The van der Waals surface area contributed by atoms with Gasteiger partial charge in [-0.1, -0.05) is 18.2 Å². The Bertz CT molecular complexity index is 995. The number of imidazole rings is 1. The maximum Gasteiger partial charge on any atom is 0.416 e. The Morgan fingerprint density at radius 3 is 2.77 bits per heavy atom. The molecule has 3 heterocycles. The minimum Gasteiger partial charge on any atom is -0.464 e. The van der Waals surface area contributed by atoms with Crippen LogP contribution in [0.1, 0.15) is 43.8 Å². The fourth-order valence-electron chi connectivity index (χ4n) is 3.99. The molecule has 0 saturated carbocycles. The Labute approximate surface area is 151 Å². The second kappa shape index (κ2) is 5.60. The molecule has 7 heteroatoms. The van der Waals surface area contributed by atoms with Crippen molar-refractivity contribution in [2.75, 3.05) is 12.3 Å². The number of nitrogens with zero attached hydrogens (tertiary/aromatic N) is 3. The minimum absolute atomic E-state index is 0.109. The summed E-state index contributed by atoms with van der Waals surface area (Å²) in [7, 11) is 0. The molecule has 0 amide bonds. The zero-order valence-electron chi connectivity index (χ0n) is 15.2. The van der Waals surface area contributed by atoms with Gasteiger partial charge in [0.05, 0.1) is 17.3 Å². The molecule has 0 fully saturated rings. The van der Waals surface area contributed by atoms with E-state index < -0.39 is 6.09 Å². The highest BCUT2D eigenvalue weighted by Gasteiger charge is 2.39. The average molecular weight is 353 g/mol. The van der Waals surface area contributed by atoms with Gasteiger partial charge in [0.1, 0.15) is 0 Å². The van der Waals surface area contributed by atoms with Crippen molar-refractivity contribution in [1.82, 2.24) is 19.4 Å². The fraction of sp³-hybridized carbons (Fsp3) is 0.368. The highest BCUT2D eigenvalue weighted by Crippen LogP contribution is 2.41. The van der Waals surface area contributed by atoms with Gasteiger partial charge in [-0.05, 0) is 26.8 Å². The lowest BCUT2D eigenvalue weighted by molar-refractivity contribution is 0.0907. The molecular weight excluding hydrogens is 330 g/mol. The van der Waals surface area contributed by atoms with E-state index in [4.69, 9.17) is 5.73 Å². The van der Waals surface area contributed by atoms with Crippen LogP contribution >= 0.6 is 0 Å². The van der Waals surface area contributed by atoms with Crippen LogP contribution in [0.5, 0.6) is 0 Å². The normalized spacial score (nSPS) is 18.2. The van der Waals surface area contributed by atoms with E-state index in [0.29, 0.717) is 11.5 Å². The smallest absolute Gasteiger partial charge is 0.416 e. The number of benzene rings is 1. The molecule has 1 atom stereocenters. The van der Waals surface area contributed by atoms with Gasteiger partial charge in [0, 0.05) is 41.3 Å². The summed E-state index contributed by atoms with van der Waals surface area (Å²) in [6, 6.07) is 7.43. The van der Waals surface area contributed by atoms with E-state index in [0.717, 1.165) is 35.3 Å².